The van der Waals surface area contributed by atoms with Crippen molar-refractivity contribution in [3.05, 3.63) is 29.8 Å². The van der Waals surface area contributed by atoms with Crippen LogP contribution in [0.25, 0.3) is 0 Å². The second kappa shape index (κ2) is 3.09. The van der Waals surface area contributed by atoms with Crippen LogP contribution in [0.3, 0.4) is 0 Å². The molecule has 4 heteroatoms. The Hall–Kier alpha value is -1.45. The van der Waals surface area contributed by atoms with Crippen molar-refractivity contribution in [3.8, 4) is 0 Å². The van der Waals surface area contributed by atoms with Gasteiger partial charge in [-0.25, -0.2) is 4.39 Å². The number of hydrogen-bond acceptors (Lipinski definition) is 2. The maximum atomic E-state index is 12.4. The number of pyridine rings is 1. The zero-order valence-electron chi connectivity index (χ0n) is 5.97. The van der Waals surface area contributed by atoms with Crippen molar-refractivity contribution in [1.29, 1.82) is 0 Å². The molecule has 3 nitrogen and oxygen atoms in total. The smallest absolute Gasteiger partial charge is 0.269 e. The molecule has 0 aliphatic carbocycles. The van der Waals surface area contributed by atoms with Crippen LogP contribution in [0.5, 0.6) is 0 Å². The highest BCUT2D eigenvalue weighted by molar-refractivity contribution is 5.91. The van der Waals surface area contributed by atoms with Crippen molar-refractivity contribution in [2.75, 3.05) is 7.05 Å². The van der Waals surface area contributed by atoms with Crippen molar-refractivity contribution in [2.45, 2.75) is 0 Å². The first-order valence-corrected chi connectivity index (χ1v) is 3.07. The van der Waals surface area contributed by atoms with Gasteiger partial charge in [0.25, 0.3) is 5.91 Å². The molecule has 0 unspecified atom stereocenters. The van der Waals surface area contributed by atoms with Gasteiger partial charge in [0.15, 0.2) is 0 Å². The number of nitrogens with one attached hydrogen (secondary N) is 1. The summed E-state index contributed by atoms with van der Waals surface area (Å²) in [6, 6.07) is 2.27. The predicted octanol–water partition coefficient (Wildman–Crippen LogP) is 0.580. The highest BCUT2D eigenvalue weighted by Gasteiger charge is 2.03. The van der Waals surface area contributed by atoms with E-state index in [1.54, 1.807) is 0 Å². The standard InChI is InChI=1S/C7H7FN2O/c1-9-7(11)6-4-5(8)2-3-10-6/h2-4H,1H3,(H,9,11). The van der Waals surface area contributed by atoms with E-state index >= 15 is 0 Å². The normalized spacial score (nSPS) is 9.27. The molecule has 0 saturated carbocycles. The van der Waals surface area contributed by atoms with Gasteiger partial charge in [-0.05, 0) is 6.07 Å². The fourth-order valence-corrected chi connectivity index (χ4v) is 0.657. The summed E-state index contributed by atoms with van der Waals surface area (Å²) in [5.74, 6) is -0.844. The maximum absolute atomic E-state index is 12.4. The first-order valence-electron chi connectivity index (χ1n) is 3.07. The number of hydrogen-bond donors (Lipinski definition) is 1. The molecule has 0 saturated heterocycles. The van der Waals surface area contributed by atoms with Gasteiger partial charge < -0.3 is 5.32 Å². The summed E-state index contributed by atoms with van der Waals surface area (Å²) in [6.45, 7) is 0. The molecular weight excluding hydrogens is 147 g/mol. The summed E-state index contributed by atoms with van der Waals surface area (Å²) in [5.41, 5.74) is 0.0903. The van der Waals surface area contributed by atoms with Gasteiger partial charge in [0, 0.05) is 19.3 Å². The Kier molecular flexibility index (Phi) is 2.15. The first kappa shape index (κ1) is 7.65. The molecule has 11 heavy (non-hydrogen) atoms. The van der Waals surface area contributed by atoms with Crippen LogP contribution in [-0.2, 0) is 0 Å². The zero-order valence-corrected chi connectivity index (χ0v) is 5.97. The van der Waals surface area contributed by atoms with E-state index in [2.05, 4.69) is 10.3 Å². The molecule has 1 N–H and O–H groups in total. The molecule has 1 amide bonds. The summed E-state index contributed by atoms with van der Waals surface area (Å²) < 4.78 is 12.4. The summed E-state index contributed by atoms with van der Waals surface area (Å²) >= 11 is 0. The number of aromatic nitrogens is 1. The number of amides is 1. The Bertz CT molecular complexity index is 275. The van der Waals surface area contributed by atoms with E-state index < -0.39 is 5.82 Å². The van der Waals surface area contributed by atoms with Gasteiger partial charge in [0.1, 0.15) is 11.5 Å². The number of carbonyl (C=O) groups excluding carboxylic acids is 1. The van der Waals surface area contributed by atoms with Crippen LogP contribution in [0.15, 0.2) is 18.3 Å². The molecule has 1 rings (SSSR count). The molecule has 1 aromatic heterocycles. The summed E-state index contributed by atoms with van der Waals surface area (Å²) in [4.78, 5) is 14.5. The summed E-state index contributed by atoms with van der Waals surface area (Å²) in [5, 5.41) is 2.34. The van der Waals surface area contributed by atoms with E-state index in [0.717, 1.165) is 6.07 Å². The van der Waals surface area contributed by atoms with E-state index in [0.29, 0.717) is 0 Å². The van der Waals surface area contributed by atoms with E-state index in [4.69, 9.17) is 0 Å². The van der Waals surface area contributed by atoms with Gasteiger partial charge in [-0.2, -0.15) is 0 Å². The fourth-order valence-electron chi connectivity index (χ4n) is 0.657. The number of rotatable bonds is 1. The quantitative estimate of drug-likeness (QED) is 0.642. The molecule has 0 spiro atoms. The van der Waals surface area contributed by atoms with Crippen LogP contribution in [0.1, 0.15) is 10.5 Å². The van der Waals surface area contributed by atoms with Gasteiger partial charge in [0.2, 0.25) is 0 Å². The fraction of sp³-hybridized carbons (Fsp3) is 0.143. The highest BCUT2D eigenvalue weighted by Crippen LogP contribution is 1.98. The minimum Gasteiger partial charge on any atom is -0.354 e. The Morgan fingerprint density at radius 3 is 3.00 bits per heavy atom. The molecule has 0 aliphatic rings. The molecule has 1 aromatic rings. The lowest BCUT2D eigenvalue weighted by molar-refractivity contribution is 0.0957. The molecule has 0 bridgehead atoms. The van der Waals surface area contributed by atoms with E-state index in [1.165, 1.54) is 19.3 Å². The molecule has 0 radical (unpaired) electrons. The van der Waals surface area contributed by atoms with Crippen LogP contribution in [-0.4, -0.2) is 17.9 Å². The Balaban J connectivity index is 2.96. The molecule has 58 valence electrons. The van der Waals surface area contributed by atoms with Crippen LogP contribution < -0.4 is 5.32 Å². The minimum absolute atomic E-state index is 0.0903. The summed E-state index contributed by atoms with van der Waals surface area (Å²) in [6.07, 6.45) is 1.25. The van der Waals surface area contributed by atoms with Crippen molar-refractivity contribution >= 4 is 5.91 Å². The van der Waals surface area contributed by atoms with Gasteiger partial charge >= 0.3 is 0 Å². The highest BCUT2D eigenvalue weighted by atomic mass is 19.1. The maximum Gasteiger partial charge on any atom is 0.269 e. The van der Waals surface area contributed by atoms with E-state index in [1.807, 2.05) is 0 Å². The molecule has 1 heterocycles. The Labute approximate surface area is 63.3 Å². The zero-order chi connectivity index (χ0) is 8.27. The Morgan fingerprint density at radius 2 is 2.45 bits per heavy atom. The monoisotopic (exact) mass is 154 g/mol. The van der Waals surface area contributed by atoms with Gasteiger partial charge in [-0.1, -0.05) is 0 Å². The Morgan fingerprint density at radius 1 is 1.73 bits per heavy atom. The van der Waals surface area contributed by atoms with Crippen LogP contribution >= 0.6 is 0 Å². The SMILES string of the molecule is CNC(=O)c1cc(F)ccn1. The molecule has 0 aliphatic heterocycles. The third-order valence-electron chi connectivity index (χ3n) is 1.18. The molecule has 0 aromatic carbocycles. The van der Waals surface area contributed by atoms with Crippen LogP contribution in [0.4, 0.5) is 4.39 Å². The largest absolute Gasteiger partial charge is 0.354 e. The van der Waals surface area contributed by atoms with Gasteiger partial charge in [-0.15, -0.1) is 0 Å². The number of nitrogens with zero attached hydrogens (tertiary/aromatic N) is 1. The number of halogens is 1. The number of carbonyl (C=O) groups is 1. The van der Waals surface area contributed by atoms with Gasteiger partial charge in [0.05, 0.1) is 0 Å². The van der Waals surface area contributed by atoms with Crippen molar-refractivity contribution in [2.24, 2.45) is 0 Å². The minimum atomic E-state index is -0.460. The van der Waals surface area contributed by atoms with Gasteiger partial charge in [-0.3, -0.25) is 9.78 Å². The van der Waals surface area contributed by atoms with Crippen LogP contribution in [0.2, 0.25) is 0 Å². The van der Waals surface area contributed by atoms with Crippen molar-refractivity contribution in [3.63, 3.8) is 0 Å². The topological polar surface area (TPSA) is 42.0 Å². The molecule has 0 atom stereocenters. The third-order valence-corrected chi connectivity index (χ3v) is 1.18. The lowest BCUT2D eigenvalue weighted by atomic mass is 10.3. The van der Waals surface area contributed by atoms with E-state index in [-0.39, 0.29) is 11.6 Å². The van der Waals surface area contributed by atoms with Crippen LogP contribution in [0, 0.1) is 5.82 Å². The second-order valence-corrected chi connectivity index (χ2v) is 1.94. The average molecular weight is 154 g/mol. The second-order valence-electron chi connectivity index (χ2n) is 1.94. The predicted molar refractivity (Wildman–Crippen MR) is 37.6 cm³/mol. The summed E-state index contributed by atoms with van der Waals surface area (Å²) in [7, 11) is 1.47. The third kappa shape index (κ3) is 1.73. The molecular formula is C7H7FN2O. The average Bonchev–Trinajstić information content (AvgIpc) is 2.03. The van der Waals surface area contributed by atoms with Crippen molar-refractivity contribution < 1.29 is 9.18 Å². The lowest BCUT2D eigenvalue weighted by Gasteiger charge is -1.96. The first-order chi connectivity index (χ1) is 5.24. The van der Waals surface area contributed by atoms with Crippen molar-refractivity contribution in [1.82, 2.24) is 10.3 Å². The molecule has 0 fully saturated rings. The van der Waals surface area contributed by atoms with E-state index in [9.17, 15) is 9.18 Å². The lowest BCUT2D eigenvalue weighted by Crippen LogP contribution is -2.19.